The van der Waals surface area contributed by atoms with Gasteiger partial charge in [-0.25, -0.2) is 4.98 Å². The van der Waals surface area contributed by atoms with Crippen molar-refractivity contribution in [3.8, 4) is 5.75 Å². The Labute approximate surface area is 209 Å². The lowest BCUT2D eigenvalue weighted by atomic mass is 9.97. The number of thioether (sulfide) groups is 1. The number of hydrogen-bond acceptors (Lipinski definition) is 7. The number of furan rings is 1. The Kier molecular flexibility index (Phi) is 6.67. The first-order chi connectivity index (χ1) is 16.5. The molecular formula is C24H22ClN3O4S2. The van der Waals surface area contributed by atoms with Crippen LogP contribution in [-0.2, 0) is 24.2 Å². The number of ether oxygens (including phenoxy) is 1. The van der Waals surface area contributed by atoms with Gasteiger partial charge in [-0.1, -0.05) is 23.4 Å². The van der Waals surface area contributed by atoms with Gasteiger partial charge in [0.2, 0.25) is 5.91 Å². The fourth-order valence-electron chi connectivity index (χ4n) is 4.10. The summed E-state index contributed by atoms with van der Waals surface area (Å²) in [5.41, 5.74) is 1.63. The number of anilines is 1. The number of rotatable bonds is 7. The molecule has 1 aliphatic rings. The first kappa shape index (κ1) is 23.0. The molecule has 3 heterocycles. The molecule has 0 bridgehead atoms. The van der Waals surface area contributed by atoms with E-state index in [4.69, 9.17) is 25.7 Å². The van der Waals surface area contributed by atoms with E-state index in [9.17, 15) is 9.59 Å². The number of aryl methyl sites for hydroxylation is 2. The van der Waals surface area contributed by atoms with E-state index in [0.29, 0.717) is 32.8 Å². The van der Waals surface area contributed by atoms with E-state index < -0.39 is 0 Å². The molecule has 5 rings (SSSR count). The lowest BCUT2D eigenvalue weighted by Gasteiger charge is -2.13. The first-order valence-corrected chi connectivity index (χ1v) is 13.0. The highest BCUT2D eigenvalue weighted by Gasteiger charge is 2.23. The summed E-state index contributed by atoms with van der Waals surface area (Å²) in [6.45, 7) is 0.261. The van der Waals surface area contributed by atoms with Gasteiger partial charge in [-0.2, -0.15) is 0 Å². The summed E-state index contributed by atoms with van der Waals surface area (Å²) in [5, 5.41) is 4.45. The van der Waals surface area contributed by atoms with Gasteiger partial charge < -0.3 is 14.5 Å². The number of amides is 1. The van der Waals surface area contributed by atoms with Crippen LogP contribution in [0.4, 0.5) is 5.69 Å². The number of nitrogens with one attached hydrogen (secondary N) is 1. The third-order valence-corrected chi connectivity index (χ3v) is 8.16. The SMILES string of the molecule is COc1ccc(NC(=O)CSc2nc3sc4c(c3c(=O)n2Cc2ccco2)CCCC4)cc1Cl. The lowest BCUT2D eigenvalue weighted by Crippen LogP contribution is -2.25. The monoisotopic (exact) mass is 515 g/mol. The Morgan fingerprint density at radius 1 is 1.32 bits per heavy atom. The predicted molar refractivity (Wildman–Crippen MR) is 136 cm³/mol. The van der Waals surface area contributed by atoms with Crippen LogP contribution in [0.3, 0.4) is 0 Å². The van der Waals surface area contributed by atoms with Crippen molar-refractivity contribution in [3.63, 3.8) is 0 Å². The molecule has 3 aromatic heterocycles. The summed E-state index contributed by atoms with van der Waals surface area (Å²) < 4.78 is 12.3. The van der Waals surface area contributed by atoms with Crippen LogP contribution < -0.4 is 15.6 Å². The molecule has 7 nitrogen and oxygen atoms in total. The first-order valence-electron chi connectivity index (χ1n) is 10.9. The summed E-state index contributed by atoms with van der Waals surface area (Å²) in [7, 11) is 1.53. The third-order valence-electron chi connectivity index (χ3n) is 5.70. The fourth-order valence-corrected chi connectivity index (χ4v) is 6.46. The largest absolute Gasteiger partial charge is 0.495 e. The van der Waals surface area contributed by atoms with Gasteiger partial charge in [0.1, 0.15) is 16.3 Å². The van der Waals surface area contributed by atoms with E-state index >= 15 is 0 Å². The van der Waals surface area contributed by atoms with Gasteiger partial charge >= 0.3 is 0 Å². The highest BCUT2D eigenvalue weighted by molar-refractivity contribution is 7.99. The standard InChI is InChI=1S/C24H22ClN3O4S2/c1-31-18-9-8-14(11-17(18)25)26-20(29)13-33-24-27-22-21(16-6-2-3-7-19(16)34-22)23(30)28(24)12-15-5-4-10-32-15/h4-5,8-11H,2-3,6-7,12-13H2,1H3,(H,26,29). The molecule has 1 amide bonds. The Bertz CT molecular complexity index is 1410. The lowest BCUT2D eigenvalue weighted by molar-refractivity contribution is -0.113. The Morgan fingerprint density at radius 3 is 2.94 bits per heavy atom. The molecule has 4 aromatic rings. The number of aromatic nitrogens is 2. The maximum atomic E-state index is 13.6. The zero-order valence-corrected chi connectivity index (χ0v) is 20.8. The van der Waals surface area contributed by atoms with Gasteiger partial charge in [0.15, 0.2) is 5.16 Å². The van der Waals surface area contributed by atoms with Crippen molar-refractivity contribution >= 4 is 56.5 Å². The number of methoxy groups -OCH3 is 1. The number of hydrogen-bond donors (Lipinski definition) is 1. The van der Waals surface area contributed by atoms with E-state index in [1.807, 2.05) is 6.07 Å². The molecule has 0 radical (unpaired) electrons. The van der Waals surface area contributed by atoms with Gasteiger partial charge in [-0.3, -0.25) is 14.2 Å². The van der Waals surface area contributed by atoms with Crippen LogP contribution in [0.15, 0.2) is 51.0 Å². The molecule has 176 valence electrons. The maximum Gasteiger partial charge on any atom is 0.263 e. The van der Waals surface area contributed by atoms with Crippen molar-refractivity contribution < 1.29 is 13.9 Å². The molecule has 0 atom stereocenters. The number of fused-ring (bicyclic) bond motifs is 3. The second kappa shape index (κ2) is 9.85. The number of thiophene rings is 1. The van der Waals surface area contributed by atoms with Crippen LogP contribution >= 0.6 is 34.7 Å². The number of carbonyl (C=O) groups excluding carboxylic acids is 1. The zero-order valence-electron chi connectivity index (χ0n) is 18.4. The molecule has 1 N–H and O–H groups in total. The van der Waals surface area contributed by atoms with Crippen LogP contribution in [0, 0.1) is 0 Å². The van der Waals surface area contributed by atoms with Gasteiger partial charge in [-0.15, -0.1) is 11.3 Å². The van der Waals surface area contributed by atoms with Gasteiger partial charge in [0.25, 0.3) is 5.56 Å². The maximum absolute atomic E-state index is 13.6. The minimum atomic E-state index is -0.226. The van der Waals surface area contributed by atoms with Crippen LogP contribution in [0.1, 0.15) is 29.0 Å². The molecule has 1 aromatic carbocycles. The summed E-state index contributed by atoms with van der Waals surface area (Å²) >= 11 is 8.98. The highest BCUT2D eigenvalue weighted by atomic mass is 35.5. The topological polar surface area (TPSA) is 86.4 Å². The van der Waals surface area contributed by atoms with E-state index in [0.717, 1.165) is 36.1 Å². The highest BCUT2D eigenvalue weighted by Crippen LogP contribution is 2.35. The summed E-state index contributed by atoms with van der Waals surface area (Å²) in [6.07, 6.45) is 5.70. The molecule has 0 unspecified atom stereocenters. The van der Waals surface area contributed by atoms with Crippen LogP contribution in [0.2, 0.25) is 5.02 Å². The second-order valence-corrected chi connectivity index (χ2v) is 10.4. The molecule has 0 fully saturated rings. The normalized spacial score (nSPS) is 13.1. The molecular weight excluding hydrogens is 494 g/mol. The molecule has 0 saturated heterocycles. The van der Waals surface area contributed by atoms with Crippen LogP contribution in [-0.4, -0.2) is 28.3 Å². The minimum Gasteiger partial charge on any atom is -0.495 e. The number of benzene rings is 1. The van der Waals surface area contributed by atoms with Gasteiger partial charge in [0, 0.05) is 10.6 Å². The van der Waals surface area contributed by atoms with Crippen LogP contribution in [0.25, 0.3) is 10.2 Å². The van der Waals surface area contributed by atoms with E-state index in [2.05, 4.69) is 5.32 Å². The molecule has 0 spiro atoms. The van der Waals surface area contributed by atoms with Gasteiger partial charge in [-0.05, 0) is 61.6 Å². The van der Waals surface area contributed by atoms with Crippen LogP contribution in [0.5, 0.6) is 5.75 Å². The van der Waals surface area contributed by atoms with Crippen molar-refractivity contribution in [3.05, 3.63) is 68.2 Å². The number of carbonyl (C=O) groups is 1. The minimum absolute atomic E-state index is 0.0781. The molecule has 0 aliphatic heterocycles. The number of halogens is 1. The molecule has 34 heavy (non-hydrogen) atoms. The number of nitrogens with zero attached hydrogens (tertiary/aromatic N) is 2. The third kappa shape index (κ3) is 4.60. The zero-order chi connectivity index (χ0) is 23.7. The fraction of sp³-hybridized carbons (Fsp3) is 0.292. The van der Waals surface area contributed by atoms with Crippen molar-refractivity contribution in [1.82, 2.24) is 9.55 Å². The smallest absolute Gasteiger partial charge is 0.263 e. The van der Waals surface area contributed by atoms with E-state index in [1.165, 1.54) is 23.7 Å². The summed E-state index contributed by atoms with van der Waals surface area (Å²) in [4.78, 5) is 33.1. The average molecular weight is 516 g/mol. The summed E-state index contributed by atoms with van der Waals surface area (Å²) in [6, 6.07) is 8.67. The van der Waals surface area contributed by atoms with Crippen molar-refractivity contribution in [1.29, 1.82) is 0 Å². The summed E-state index contributed by atoms with van der Waals surface area (Å²) in [5.74, 6) is 1.06. The van der Waals surface area contributed by atoms with E-state index in [1.54, 1.807) is 46.4 Å². The quantitative estimate of drug-likeness (QED) is 0.263. The van der Waals surface area contributed by atoms with Crippen molar-refractivity contribution in [2.45, 2.75) is 37.4 Å². The average Bonchev–Trinajstić information content (AvgIpc) is 3.47. The second-order valence-electron chi connectivity index (χ2n) is 7.94. The van der Waals surface area contributed by atoms with E-state index in [-0.39, 0.29) is 23.8 Å². The molecule has 0 saturated carbocycles. The Morgan fingerprint density at radius 2 is 2.18 bits per heavy atom. The Hall–Kier alpha value is -2.75. The predicted octanol–water partition coefficient (Wildman–Crippen LogP) is 5.37. The van der Waals surface area contributed by atoms with Crippen molar-refractivity contribution in [2.75, 3.05) is 18.2 Å². The molecule has 10 heteroatoms. The van der Waals surface area contributed by atoms with Crippen molar-refractivity contribution in [2.24, 2.45) is 0 Å². The van der Waals surface area contributed by atoms with Gasteiger partial charge in [0.05, 0.1) is 36.1 Å². The Balaban J connectivity index is 1.42. The molecule has 1 aliphatic carbocycles.